The van der Waals surface area contributed by atoms with Crippen LogP contribution >= 0.6 is 0 Å². The number of para-hydroxylation sites is 1. The third kappa shape index (κ3) is 4.37. The summed E-state index contributed by atoms with van der Waals surface area (Å²) in [5.41, 5.74) is 6.40. The molecule has 0 unspecified atom stereocenters. The fraction of sp³-hybridized carbons (Fsp3) is 0.500. The van der Waals surface area contributed by atoms with Crippen LogP contribution in [0.1, 0.15) is 19.4 Å². The van der Waals surface area contributed by atoms with Gasteiger partial charge in [-0.3, -0.25) is 4.79 Å². The molecule has 0 aliphatic heterocycles. The van der Waals surface area contributed by atoms with Crippen LogP contribution in [0.25, 0.3) is 0 Å². The number of methoxy groups -OCH3 is 1. The quantitative estimate of drug-likeness (QED) is 0.783. The average molecular weight is 251 g/mol. The summed E-state index contributed by atoms with van der Waals surface area (Å²) < 4.78 is 10.4. The van der Waals surface area contributed by atoms with E-state index in [1.54, 1.807) is 0 Å². The number of hydrogen-bond donors (Lipinski definition) is 1. The number of esters is 1. The van der Waals surface area contributed by atoms with Gasteiger partial charge in [0.25, 0.3) is 0 Å². The van der Waals surface area contributed by atoms with Gasteiger partial charge in [0.2, 0.25) is 0 Å². The van der Waals surface area contributed by atoms with Gasteiger partial charge in [-0.25, -0.2) is 0 Å². The Hall–Kier alpha value is -1.55. The number of carbonyl (C=O) groups excluding carboxylic acids is 1. The van der Waals surface area contributed by atoms with E-state index in [-0.39, 0.29) is 17.8 Å². The third-order valence-electron chi connectivity index (χ3n) is 2.71. The molecule has 0 spiro atoms. The molecule has 2 N–H and O–H groups in total. The van der Waals surface area contributed by atoms with Crippen molar-refractivity contribution in [3.05, 3.63) is 29.8 Å². The summed E-state index contributed by atoms with van der Waals surface area (Å²) in [6.45, 7) is 5.14. The maximum atomic E-state index is 11.3. The zero-order chi connectivity index (χ0) is 13.6. The first-order chi connectivity index (χ1) is 8.48. The van der Waals surface area contributed by atoms with Gasteiger partial charge < -0.3 is 15.2 Å². The molecule has 0 amide bonds. The summed E-state index contributed by atoms with van der Waals surface area (Å²) >= 11 is 0. The van der Waals surface area contributed by atoms with Crippen LogP contribution < -0.4 is 10.5 Å². The maximum Gasteiger partial charge on any atom is 0.310 e. The molecule has 100 valence electrons. The molecular formula is C14H21NO3. The van der Waals surface area contributed by atoms with Gasteiger partial charge in [0.15, 0.2) is 0 Å². The Morgan fingerprint density at radius 2 is 2.00 bits per heavy atom. The minimum Gasteiger partial charge on any atom is -0.493 e. The number of carbonyl (C=O) groups is 1. The van der Waals surface area contributed by atoms with Gasteiger partial charge in [-0.2, -0.15) is 0 Å². The molecule has 0 aliphatic rings. The van der Waals surface area contributed by atoms with E-state index in [0.717, 1.165) is 5.56 Å². The Bertz CT molecular complexity index is 402. The van der Waals surface area contributed by atoms with E-state index in [2.05, 4.69) is 4.74 Å². The summed E-state index contributed by atoms with van der Waals surface area (Å²) in [6.07, 6.45) is 0.218. The molecule has 0 aliphatic carbocycles. The lowest BCUT2D eigenvalue weighted by Gasteiger charge is -2.23. The molecule has 0 atom stereocenters. The number of hydrogen-bond acceptors (Lipinski definition) is 4. The first-order valence-electron chi connectivity index (χ1n) is 5.96. The van der Waals surface area contributed by atoms with Gasteiger partial charge in [-0.05, 0) is 6.07 Å². The van der Waals surface area contributed by atoms with Crippen LogP contribution in [0.15, 0.2) is 24.3 Å². The first-order valence-corrected chi connectivity index (χ1v) is 5.96. The van der Waals surface area contributed by atoms with Gasteiger partial charge in [-0.1, -0.05) is 32.0 Å². The van der Waals surface area contributed by atoms with Crippen molar-refractivity contribution in [2.24, 2.45) is 11.1 Å². The first kappa shape index (κ1) is 14.5. The van der Waals surface area contributed by atoms with E-state index in [9.17, 15) is 4.79 Å². The topological polar surface area (TPSA) is 61.5 Å². The van der Waals surface area contributed by atoms with Crippen molar-refractivity contribution in [1.29, 1.82) is 0 Å². The number of rotatable bonds is 6. The molecule has 0 heterocycles. The maximum absolute atomic E-state index is 11.3. The van der Waals surface area contributed by atoms with Gasteiger partial charge in [0.1, 0.15) is 5.75 Å². The lowest BCUT2D eigenvalue weighted by atomic mass is 9.95. The molecule has 0 saturated carbocycles. The van der Waals surface area contributed by atoms with Crippen LogP contribution in [0, 0.1) is 5.41 Å². The fourth-order valence-electron chi connectivity index (χ4n) is 1.35. The van der Waals surface area contributed by atoms with E-state index < -0.39 is 0 Å². The number of benzene rings is 1. The van der Waals surface area contributed by atoms with E-state index in [0.29, 0.717) is 18.9 Å². The van der Waals surface area contributed by atoms with Crippen molar-refractivity contribution < 1.29 is 14.3 Å². The van der Waals surface area contributed by atoms with E-state index >= 15 is 0 Å². The minimum atomic E-state index is -0.274. The Kier molecular flexibility index (Phi) is 5.16. The average Bonchev–Trinajstić information content (AvgIpc) is 2.37. The summed E-state index contributed by atoms with van der Waals surface area (Å²) in [4.78, 5) is 11.3. The molecule has 0 aromatic heterocycles. The van der Waals surface area contributed by atoms with E-state index in [1.165, 1.54) is 7.11 Å². The van der Waals surface area contributed by atoms with Gasteiger partial charge in [0.05, 0.1) is 20.1 Å². The second-order valence-corrected chi connectivity index (χ2v) is 5.02. The van der Waals surface area contributed by atoms with Gasteiger partial charge in [-0.15, -0.1) is 0 Å². The highest BCUT2D eigenvalue weighted by Gasteiger charge is 2.17. The molecular weight excluding hydrogens is 230 g/mol. The van der Waals surface area contributed by atoms with Gasteiger partial charge in [0, 0.05) is 17.5 Å². The number of nitrogens with two attached hydrogens (primary N) is 1. The summed E-state index contributed by atoms with van der Waals surface area (Å²) in [7, 11) is 1.38. The molecule has 1 aromatic rings. The van der Waals surface area contributed by atoms with Crippen LogP contribution in [0.3, 0.4) is 0 Å². The van der Waals surface area contributed by atoms with Crippen molar-refractivity contribution in [1.82, 2.24) is 0 Å². The van der Waals surface area contributed by atoms with Crippen molar-refractivity contribution in [3.63, 3.8) is 0 Å². The Morgan fingerprint density at radius 3 is 2.61 bits per heavy atom. The third-order valence-corrected chi connectivity index (χ3v) is 2.71. The molecule has 0 bridgehead atoms. The molecule has 1 rings (SSSR count). The number of ether oxygens (including phenoxy) is 2. The minimum absolute atomic E-state index is 0.0849. The molecule has 0 fully saturated rings. The van der Waals surface area contributed by atoms with Crippen molar-refractivity contribution in [2.45, 2.75) is 20.3 Å². The van der Waals surface area contributed by atoms with Crippen LogP contribution in [-0.2, 0) is 16.0 Å². The normalized spacial score (nSPS) is 11.1. The molecule has 0 radical (unpaired) electrons. The van der Waals surface area contributed by atoms with Crippen LogP contribution in [0.2, 0.25) is 0 Å². The summed E-state index contributed by atoms with van der Waals surface area (Å²) in [6, 6.07) is 7.47. The zero-order valence-corrected chi connectivity index (χ0v) is 11.2. The summed E-state index contributed by atoms with van der Waals surface area (Å²) in [5, 5.41) is 0. The molecule has 4 nitrogen and oxygen atoms in total. The highest BCUT2D eigenvalue weighted by Crippen LogP contribution is 2.22. The van der Waals surface area contributed by atoms with Crippen LogP contribution in [-0.4, -0.2) is 26.2 Å². The lowest BCUT2D eigenvalue weighted by molar-refractivity contribution is -0.139. The molecule has 0 saturated heterocycles. The predicted octanol–water partition coefficient (Wildman–Crippen LogP) is 1.77. The fourth-order valence-corrected chi connectivity index (χ4v) is 1.35. The van der Waals surface area contributed by atoms with Gasteiger partial charge >= 0.3 is 5.97 Å². The second-order valence-electron chi connectivity index (χ2n) is 5.02. The standard InChI is InChI=1S/C14H21NO3/c1-14(2,9-15)10-18-12-7-5-4-6-11(12)8-13(16)17-3/h4-7H,8-10,15H2,1-3H3. The second kappa shape index (κ2) is 6.40. The van der Waals surface area contributed by atoms with Crippen molar-refractivity contribution in [3.8, 4) is 5.75 Å². The highest BCUT2D eigenvalue weighted by atomic mass is 16.5. The molecule has 18 heavy (non-hydrogen) atoms. The van der Waals surface area contributed by atoms with E-state index in [1.807, 2.05) is 38.1 Å². The molecule has 1 aromatic carbocycles. The Balaban J connectivity index is 2.73. The van der Waals surface area contributed by atoms with Crippen LogP contribution in [0.4, 0.5) is 0 Å². The van der Waals surface area contributed by atoms with Crippen LogP contribution in [0.5, 0.6) is 5.75 Å². The van der Waals surface area contributed by atoms with Crippen molar-refractivity contribution >= 4 is 5.97 Å². The Morgan fingerprint density at radius 1 is 1.33 bits per heavy atom. The highest BCUT2D eigenvalue weighted by molar-refractivity contribution is 5.73. The predicted molar refractivity (Wildman–Crippen MR) is 70.5 cm³/mol. The zero-order valence-electron chi connectivity index (χ0n) is 11.2. The summed E-state index contributed by atoms with van der Waals surface area (Å²) in [5.74, 6) is 0.438. The molecule has 4 heteroatoms. The van der Waals surface area contributed by atoms with Crippen molar-refractivity contribution in [2.75, 3.05) is 20.3 Å². The smallest absolute Gasteiger partial charge is 0.310 e. The monoisotopic (exact) mass is 251 g/mol. The van der Waals surface area contributed by atoms with E-state index in [4.69, 9.17) is 10.5 Å². The lowest BCUT2D eigenvalue weighted by Crippen LogP contribution is -2.30. The SMILES string of the molecule is COC(=O)Cc1ccccc1OCC(C)(C)CN. The largest absolute Gasteiger partial charge is 0.493 e. The Labute approximate surface area is 108 Å².